The monoisotopic (exact) mass is 373 g/mol. The summed E-state index contributed by atoms with van der Waals surface area (Å²) in [7, 11) is 0. The lowest BCUT2D eigenvalue weighted by molar-refractivity contribution is 0.0595. The first-order valence-corrected chi connectivity index (χ1v) is 9.39. The third-order valence-electron chi connectivity index (χ3n) is 5.68. The maximum atomic E-state index is 13.0. The molecule has 0 saturated carbocycles. The van der Waals surface area contributed by atoms with Gasteiger partial charge in [0.15, 0.2) is 0 Å². The fraction of sp³-hybridized carbons (Fsp3) is 0.286. The van der Waals surface area contributed by atoms with Crippen molar-refractivity contribution in [2.75, 3.05) is 13.1 Å². The predicted octanol–water partition coefficient (Wildman–Crippen LogP) is 1.96. The maximum absolute atomic E-state index is 13.0. The molecule has 5 heterocycles. The number of carbonyl (C=O) groups is 1. The molecule has 1 saturated heterocycles. The van der Waals surface area contributed by atoms with Crippen LogP contribution in [0.1, 0.15) is 28.4 Å². The zero-order chi connectivity index (χ0) is 19.1. The first kappa shape index (κ1) is 16.8. The van der Waals surface area contributed by atoms with Crippen LogP contribution in [0.25, 0.3) is 11.1 Å². The van der Waals surface area contributed by atoms with Gasteiger partial charge in [-0.05, 0) is 30.5 Å². The molecule has 2 bridgehead atoms. The summed E-state index contributed by atoms with van der Waals surface area (Å²) < 4.78 is 1.88. The van der Waals surface area contributed by atoms with Crippen molar-refractivity contribution < 1.29 is 4.79 Å². The summed E-state index contributed by atoms with van der Waals surface area (Å²) in [6.07, 6.45) is 9.28. The van der Waals surface area contributed by atoms with E-state index in [1.807, 2.05) is 15.5 Å². The van der Waals surface area contributed by atoms with Crippen LogP contribution >= 0.6 is 0 Å². The molecule has 2 aliphatic heterocycles. The average molecular weight is 373 g/mol. The van der Waals surface area contributed by atoms with Gasteiger partial charge < -0.3 is 9.47 Å². The van der Waals surface area contributed by atoms with Gasteiger partial charge >= 0.3 is 0 Å². The second-order valence-corrected chi connectivity index (χ2v) is 7.45. The van der Waals surface area contributed by atoms with Crippen molar-refractivity contribution >= 4 is 5.91 Å². The Morgan fingerprint density at radius 1 is 0.964 bits per heavy atom. The van der Waals surface area contributed by atoms with E-state index in [0.29, 0.717) is 25.2 Å². The molecule has 7 heteroatoms. The van der Waals surface area contributed by atoms with Crippen molar-refractivity contribution in [3.8, 4) is 11.1 Å². The topological polar surface area (TPSA) is 81.0 Å². The van der Waals surface area contributed by atoms with E-state index in [0.717, 1.165) is 23.2 Å². The SMILES string of the molecule is O=C(c1ccncc1)N1C[C@@H]2C[C@H](C1)c1c(-c3cncnc3)ccc(=O)n1C2. The third-order valence-corrected chi connectivity index (χ3v) is 5.68. The van der Waals surface area contributed by atoms with E-state index in [1.165, 1.54) is 6.33 Å². The van der Waals surface area contributed by atoms with E-state index in [9.17, 15) is 9.59 Å². The molecule has 0 N–H and O–H groups in total. The van der Waals surface area contributed by atoms with E-state index >= 15 is 0 Å². The number of carbonyl (C=O) groups excluding carboxylic acids is 1. The normalized spacial score (nSPS) is 20.5. The van der Waals surface area contributed by atoms with E-state index in [2.05, 4.69) is 15.0 Å². The number of piperidine rings is 1. The third kappa shape index (κ3) is 2.79. The summed E-state index contributed by atoms with van der Waals surface area (Å²) in [5.41, 5.74) is 3.52. The average Bonchev–Trinajstić information content (AvgIpc) is 2.75. The van der Waals surface area contributed by atoms with Gasteiger partial charge in [-0.1, -0.05) is 0 Å². The van der Waals surface area contributed by atoms with Crippen molar-refractivity contribution in [1.82, 2.24) is 24.4 Å². The predicted molar refractivity (Wildman–Crippen MR) is 103 cm³/mol. The Morgan fingerprint density at radius 3 is 2.54 bits per heavy atom. The van der Waals surface area contributed by atoms with Crippen LogP contribution in [-0.2, 0) is 6.54 Å². The molecular weight excluding hydrogens is 354 g/mol. The molecule has 2 atom stereocenters. The highest BCUT2D eigenvalue weighted by Crippen LogP contribution is 2.39. The van der Waals surface area contributed by atoms with Gasteiger partial charge in [0, 0.05) is 78.8 Å². The Labute approximate surface area is 161 Å². The highest BCUT2D eigenvalue weighted by molar-refractivity contribution is 5.94. The highest BCUT2D eigenvalue weighted by Gasteiger charge is 2.38. The maximum Gasteiger partial charge on any atom is 0.253 e. The molecule has 3 aromatic heterocycles. The minimum atomic E-state index is 0.0132. The second-order valence-electron chi connectivity index (χ2n) is 7.45. The molecule has 5 rings (SSSR count). The number of likely N-dealkylation sites (tertiary alicyclic amines) is 1. The summed E-state index contributed by atoms with van der Waals surface area (Å²) in [6.45, 7) is 1.90. The molecule has 0 unspecified atom stereocenters. The van der Waals surface area contributed by atoms with Gasteiger partial charge in [0.1, 0.15) is 6.33 Å². The largest absolute Gasteiger partial charge is 0.338 e. The van der Waals surface area contributed by atoms with Gasteiger partial charge in [0.05, 0.1) is 0 Å². The molecule has 3 aromatic rings. The minimum absolute atomic E-state index is 0.0132. The molecule has 0 spiro atoms. The number of hydrogen-bond acceptors (Lipinski definition) is 5. The fourth-order valence-corrected chi connectivity index (χ4v) is 4.54. The lowest BCUT2D eigenvalue weighted by Gasteiger charge is -2.43. The first-order valence-electron chi connectivity index (χ1n) is 9.39. The van der Waals surface area contributed by atoms with Gasteiger partial charge in [-0.15, -0.1) is 0 Å². The number of fused-ring (bicyclic) bond motifs is 4. The van der Waals surface area contributed by atoms with E-state index in [4.69, 9.17) is 0 Å². The molecule has 1 amide bonds. The molecule has 140 valence electrons. The van der Waals surface area contributed by atoms with Crippen molar-refractivity contribution in [2.24, 2.45) is 5.92 Å². The Kier molecular flexibility index (Phi) is 4.00. The second kappa shape index (κ2) is 6.67. The lowest BCUT2D eigenvalue weighted by atomic mass is 9.80. The summed E-state index contributed by atoms with van der Waals surface area (Å²) in [5, 5.41) is 0. The van der Waals surface area contributed by atoms with Gasteiger partial charge in [-0.3, -0.25) is 14.6 Å². The number of aromatic nitrogens is 4. The first-order chi connectivity index (χ1) is 13.7. The number of amides is 1. The number of nitrogens with zero attached hydrogens (tertiary/aromatic N) is 5. The van der Waals surface area contributed by atoms with Crippen LogP contribution in [0.2, 0.25) is 0 Å². The van der Waals surface area contributed by atoms with Crippen molar-refractivity contribution in [2.45, 2.75) is 18.9 Å². The fourth-order valence-electron chi connectivity index (χ4n) is 4.54. The summed E-state index contributed by atoms with van der Waals surface area (Å²) in [5.74, 6) is 0.410. The molecule has 1 fully saturated rings. The summed E-state index contributed by atoms with van der Waals surface area (Å²) in [6, 6.07) is 6.97. The number of rotatable bonds is 2. The molecule has 0 aromatic carbocycles. The Morgan fingerprint density at radius 2 is 1.75 bits per heavy atom. The van der Waals surface area contributed by atoms with Crippen LogP contribution < -0.4 is 5.56 Å². The van der Waals surface area contributed by atoms with Crippen LogP contribution in [0, 0.1) is 5.92 Å². The molecule has 7 nitrogen and oxygen atoms in total. The highest BCUT2D eigenvalue weighted by atomic mass is 16.2. The molecule has 0 aliphatic carbocycles. The molecular formula is C21H19N5O2. The standard InChI is InChI=1S/C21H19N5O2/c27-19-2-1-18(17-8-23-13-24-9-17)20-16-7-14(11-26(19)20)10-25(12-16)21(28)15-3-5-22-6-4-15/h1-6,8-9,13-14,16H,7,10-12H2/t14-,16+/m0/s1. The van der Waals surface area contributed by atoms with Gasteiger partial charge in [0.25, 0.3) is 11.5 Å². The Balaban J connectivity index is 1.55. The number of hydrogen-bond donors (Lipinski definition) is 0. The van der Waals surface area contributed by atoms with Gasteiger partial charge in [-0.25, -0.2) is 9.97 Å². The van der Waals surface area contributed by atoms with Crippen LogP contribution in [-0.4, -0.2) is 43.4 Å². The van der Waals surface area contributed by atoms with Gasteiger partial charge in [-0.2, -0.15) is 0 Å². The van der Waals surface area contributed by atoms with Crippen LogP contribution in [0.4, 0.5) is 0 Å². The van der Waals surface area contributed by atoms with E-state index in [-0.39, 0.29) is 23.3 Å². The zero-order valence-electron chi connectivity index (χ0n) is 15.2. The van der Waals surface area contributed by atoms with Crippen LogP contribution in [0.5, 0.6) is 0 Å². The van der Waals surface area contributed by atoms with Gasteiger partial charge in [0.2, 0.25) is 0 Å². The minimum Gasteiger partial charge on any atom is -0.338 e. The summed E-state index contributed by atoms with van der Waals surface area (Å²) >= 11 is 0. The Hall–Kier alpha value is -3.35. The zero-order valence-corrected chi connectivity index (χ0v) is 15.2. The summed E-state index contributed by atoms with van der Waals surface area (Å²) in [4.78, 5) is 39.7. The molecule has 0 radical (unpaired) electrons. The van der Waals surface area contributed by atoms with E-state index in [1.54, 1.807) is 43.0 Å². The van der Waals surface area contributed by atoms with Crippen LogP contribution in [0.3, 0.4) is 0 Å². The quantitative estimate of drug-likeness (QED) is 0.686. The van der Waals surface area contributed by atoms with Crippen molar-refractivity contribution in [1.29, 1.82) is 0 Å². The van der Waals surface area contributed by atoms with Crippen LogP contribution in [0.15, 0.2) is 60.2 Å². The Bertz CT molecular complexity index is 1080. The molecule has 28 heavy (non-hydrogen) atoms. The molecule has 2 aliphatic rings. The number of pyridine rings is 2. The van der Waals surface area contributed by atoms with Crippen molar-refractivity contribution in [3.63, 3.8) is 0 Å². The van der Waals surface area contributed by atoms with Crippen molar-refractivity contribution in [3.05, 3.63) is 77.0 Å². The lowest BCUT2D eigenvalue weighted by Crippen LogP contribution is -2.49. The van der Waals surface area contributed by atoms with E-state index < -0.39 is 0 Å². The smallest absolute Gasteiger partial charge is 0.253 e.